The quantitative estimate of drug-likeness (QED) is 0.655. The van der Waals surface area contributed by atoms with Gasteiger partial charge in [-0.2, -0.15) is 0 Å². The van der Waals surface area contributed by atoms with Gasteiger partial charge in [0.15, 0.2) is 0 Å². The minimum atomic E-state index is 0.303. The van der Waals surface area contributed by atoms with Crippen LogP contribution >= 0.6 is 0 Å². The van der Waals surface area contributed by atoms with Crippen molar-refractivity contribution in [1.29, 1.82) is 0 Å². The van der Waals surface area contributed by atoms with Gasteiger partial charge in [0.2, 0.25) is 0 Å². The normalized spacial score (nSPS) is 10.9. The zero-order valence-corrected chi connectivity index (χ0v) is 10.2. The van der Waals surface area contributed by atoms with Crippen molar-refractivity contribution >= 4 is 0 Å². The Kier molecular flexibility index (Phi) is 3.01. The van der Waals surface area contributed by atoms with Crippen LogP contribution < -0.4 is 0 Å². The standard InChI is InChI=1S/C16H16N2/c1-2-8-15(9-3-1)14-16(17-10-4-5-11-17)18-12-6-7-13-18/h1-13,16H,14H2. The van der Waals surface area contributed by atoms with Crippen LogP contribution in [-0.2, 0) is 6.42 Å². The van der Waals surface area contributed by atoms with Gasteiger partial charge >= 0.3 is 0 Å². The lowest BCUT2D eigenvalue weighted by Crippen LogP contribution is -2.17. The second-order valence-corrected chi connectivity index (χ2v) is 4.43. The molecule has 2 nitrogen and oxygen atoms in total. The molecule has 0 saturated carbocycles. The highest BCUT2D eigenvalue weighted by Crippen LogP contribution is 2.17. The largest absolute Gasteiger partial charge is 0.333 e. The number of hydrogen-bond acceptors (Lipinski definition) is 0. The highest BCUT2D eigenvalue weighted by molar-refractivity contribution is 5.16. The molecule has 0 aliphatic rings. The molecule has 3 rings (SSSR count). The van der Waals surface area contributed by atoms with Crippen molar-refractivity contribution in [2.45, 2.75) is 12.6 Å². The summed E-state index contributed by atoms with van der Waals surface area (Å²) in [7, 11) is 0. The van der Waals surface area contributed by atoms with E-state index < -0.39 is 0 Å². The molecule has 0 fully saturated rings. The summed E-state index contributed by atoms with van der Waals surface area (Å²) in [6.45, 7) is 0. The Morgan fingerprint density at radius 2 is 1.17 bits per heavy atom. The van der Waals surface area contributed by atoms with Crippen molar-refractivity contribution in [3.05, 3.63) is 84.9 Å². The van der Waals surface area contributed by atoms with E-state index in [1.54, 1.807) is 0 Å². The number of benzene rings is 1. The van der Waals surface area contributed by atoms with Crippen LogP contribution in [0.3, 0.4) is 0 Å². The molecule has 0 spiro atoms. The molecule has 2 aromatic heterocycles. The zero-order chi connectivity index (χ0) is 12.2. The molecule has 0 saturated heterocycles. The molecule has 0 amide bonds. The first-order valence-corrected chi connectivity index (χ1v) is 6.22. The fourth-order valence-electron chi connectivity index (χ4n) is 2.28. The van der Waals surface area contributed by atoms with Crippen LogP contribution in [0.2, 0.25) is 0 Å². The number of aromatic nitrogens is 2. The fourth-order valence-corrected chi connectivity index (χ4v) is 2.28. The van der Waals surface area contributed by atoms with Crippen molar-refractivity contribution in [2.24, 2.45) is 0 Å². The molecule has 1 aromatic carbocycles. The van der Waals surface area contributed by atoms with Crippen LogP contribution in [0.15, 0.2) is 79.4 Å². The van der Waals surface area contributed by atoms with Crippen molar-refractivity contribution < 1.29 is 0 Å². The summed E-state index contributed by atoms with van der Waals surface area (Å²) in [4.78, 5) is 0. The summed E-state index contributed by atoms with van der Waals surface area (Å²) in [6, 6.07) is 18.9. The van der Waals surface area contributed by atoms with Gasteiger partial charge in [0.1, 0.15) is 6.17 Å². The summed E-state index contributed by atoms with van der Waals surface area (Å²) in [6.07, 6.45) is 9.77. The Bertz CT molecular complexity index is 531. The van der Waals surface area contributed by atoms with Crippen molar-refractivity contribution in [1.82, 2.24) is 9.13 Å². The second-order valence-electron chi connectivity index (χ2n) is 4.43. The molecule has 0 atom stereocenters. The number of hydrogen-bond donors (Lipinski definition) is 0. The molecule has 18 heavy (non-hydrogen) atoms. The lowest BCUT2D eigenvalue weighted by Gasteiger charge is -2.21. The van der Waals surface area contributed by atoms with E-state index in [9.17, 15) is 0 Å². The van der Waals surface area contributed by atoms with Gasteiger partial charge in [-0.25, -0.2) is 0 Å². The first-order valence-electron chi connectivity index (χ1n) is 6.22. The van der Waals surface area contributed by atoms with E-state index in [1.807, 2.05) is 0 Å². The molecule has 0 radical (unpaired) electrons. The second kappa shape index (κ2) is 4.96. The Morgan fingerprint density at radius 1 is 0.667 bits per heavy atom. The minimum Gasteiger partial charge on any atom is -0.333 e. The molecule has 0 aliphatic carbocycles. The molecule has 0 N–H and O–H groups in total. The molecule has 90 valence electrons. The fraction of sp³-hybridized carbons (Fsp3) is 0.125. The lowest BCUT2D eigenvalue weighted by atomic mass is 10.1. The maximum atomic E-state index is 2.24. The SMILES string of the molecule is c1ccc(CC(n2cccc2)n2cccc2)cc1. The summed E-state index contributed by atoms with van der Waals surface area (Å²) in [5.41, 5.74) is 1.35. The van der Waals surface area contributed by atoms with Gasteiger partial charge in [-0.15, -0.1) is 0 Å². The van der Waals surface area contributed by atoms with E-state index in [4.69, 9.17) is 0 Å². The van der Waals surface area contributed by atoms with Gasteiger partial charge in [0.25, 0.3) is 0 Å². The Hall–Kier alpha value is -2.22. The zero-order valence-electron chi connectivity index (χ0n) is 10.2. The molecule has 3 aromatic rings. The van der Waals surface area contributed by atoms with Crippen LogP contribution in [0.1, 0.15) is 11.7 Å². The molecule has 0 bridgehead atoms. The third-order valence-corrected chi connectivity index (χ3v) is 3.20. The first-order chi connectivity index (χ1) is 8.93. The summed E-state index contributed by atoms with van der Waals surface area (Å²) in [5.74, 6) is 0. The van der Waals surface area contributed by atoms with E-state index >= 15 is 0 Å². The number of nitrogens with zero attached hydrogens (tertiary/aromatic N) is 2. The van der Waals surface area contributed by atoms with Gasteiger partial charge < -0.3 is 9.13 Å². The average molecular weight is 236 g/mol. The van der Waals surface area contributed by atoms with Crippen LogP contribution in [0.25, 0.3) is 0 Å². The van der Waals surface area contributed by atoms with E-state index in [-0.39, 0.29) is 0 Å². The third kappa shape index (κ3) is 2.23. The van der Waals surface area contributed by atoms with Crippen LogP contribution in [0.5, 0.6) is 0 Å². The maximum absolute atomic E-state index is 2.24. The average Bonchev–Trinajstić information content (AvgIpc) is 3.11. The predicted molar refractivity (Wildman–Crippen MR) is 73.4 cm³/mol. The lowest BCUT2D eigenvalue weighted by molar-refractivity contribution is 0.430. The van der Waals surface area contributed by atoms with Crippen LogP contribution in [0.4, 0.5) is 0 Å². The summed E-state index contributed by atoms with van der Waals surface area (Å²) < 4.78 is 4.49. The monoisotopic (exact) mass is 236 g/mol. The van der Waals surface area contributed by atoms with Crippen molar-refractivity contribution in [2.75, 3.05) is 0 Å². The molecular formula is C16H16N2. The molecule has 2 heteroatoms. The topological polar surface area (TPSA) is 9.86 Å². The Balaban J connectivity index is 1.92. The summed E-state index contributed by atoms with van der Waals surface area (Å²) >= 11 is 0. The van der Waals surface area contributed by atoms with Gasteiger partial charge in [-0.05, 0) is 29.8 Å². The van der Waals surface area contributed by atoms with Gasteiger partial charge in [-0.3, -0.25) is 0 Å². The predicted octanol–water partition coefficient (Wildman–Crippen LogP) is 3.58. The summed E-state index contributed by atoms with van der Waals surface area (Å²) in [5, 5.41) is 0. The highest BCUT2D eigenvalue weighted by atomic mass is 15.2. The van der Waals surface area contributed by atoms with Crippen molar-refractivity contribution in [3.63, 3.8) is 0 Å². The first kappa shape index (κ1) is 10.9. The Labute approximate surface area is 107 Å². The van der Waals surface area contributed by atoms with Crippen molar-refractivity contribution in [3.8, 4) is 0 Å². The van der Waals surface area contributed by atoms with Crippen LogP contribution in [-0.4, -0.2) is 9.13 Å². The molecular weight excluding hydrogens is 220 g/mol. The van der Waals surface area contributed by atoms with Gasteiger partial charge in [0, 0.05) is 31.2 Å². The van der Waals surface area contributed by atoms with Gasteiger partial charge in [-0.1, -0.05) is 30.3 Å². The van der Waals surface area contributed by atoms with Crippen LogP contribution in [0, 0.1) is 0 Å². The smallest absolute Gasteiger partial charge is 0.113 e. The van der Waals surface area contributed by atoms with Gasteiger partial charge in [0.05, 0.1) is 0 Å². The molecule has 2 heterocycles. The van der Waals surface area contributed by atoms with E-state index in [0.29, 0.717) is 6.17 Å². The molecule has 0 unspecified atom stereocenters. The van der Waals surface area contributed by atoms with E-state index in [1.165, 1.54) is 5.56 Å². The van der Waals surface area contributed by atoms with E-state index in [2.05, 4.69) is 88.5 Å². The maximum Gasteiger partial charge on any atom is 0.113 e. The minimum absolute atomic E-state index is 0.303. The highest BCUT2D eigenvalue weighted by Gasteiger charge is 2.11. The number of rotatable bonds is 4. The molecule has 0 aliphatic heterocycles. The Morgan fingerprint density at radius 3 is 1.67 bits per heavy atom. The van der Waals surface area contributed by atoms with E-state index in [0.717, 1.165) is 6.42 Å². The third-order valence-electron chi connectivity index (χ3n) is 3.20.